The summed E-state index contributed by atoms with van der Waals surface area (Å²) in [6, 6.07) is 17.1. The lowest BCUT2D eigenvalue weighted by molar-refractivity contribution is -0.123. The van der Waals surface area contributed by atoms with Gasteiger partial charge in [-0.05, 0) is 63.1 Å². The maximum atomic E-state index is 12.8. The fourth-order valence-corrected chi connectivity index (χ4v) is 3.73. The normalized spacial score (nSPS) is 11.6. The summed E-state index contributed by atoms with van der Waals surface area (Å²) in [4.78, 5) is 30.6. The summed E-state index contributed by atoms with van der Waals surface area (Å²) < 4.78 is 5.44. The van der Waals surface area contributed by atoms with Gasteiger partial charge in [-0.2, -0.15) is 0 Å². The smallest absolute Gasteiger partial charge is 0.341 e. The third kappa shape index (κ3) is 5.27. The highest BCUT2D eigenvalue weighted by atomic mass is 32.2. The van der Waals surface area contributed by atoms with Crippen LogP contribution in [0, 0.1) is 20.8 Å². The Hall–Kier alpha value is -3.12. The standard InChI is InChI=1S/C24H24N2O3S/c1-15-10-12-19(13-11-15)30-23-20(9-6-14-25-23)24(28)29-18(4)22(27)26-21-16(2)7-5-8-17(21)3/h5-14,18H,1-4H3,(H,26,27)/t18-/m1/s1. The highest BCUT2D eigenvalue weighted by Crippen LogP contribution is 2.29. The lowest BCUT2D eigenvalue weighted by atomic mass is 10.1. The van der Waals surface area contributed by atoms with E-state index in [4.69, 9.17) is 4.74 Å². The van der Waals surface area contributed by atoms with E-state index < -0.39 is 12.1 Å². The zero-order valence-corrected chi connectivity index (χ0v) is 18.2. The van der Waals surface area contributed by atoms with E-state index in [1.165, 1.54) is 11.8 Å². The summed E-state index contributed by atoms with van der Waals surface area (Å²) in [5.74, 6) is -0.959. The Morgan fingerprint density at radius 2 is 1.63 bits per heavy atom. The molecule has 0 unspecified atom stereocenters. The van der Waals surface area contributed by atoms with Gasteiger partial charge in [0.15, 0.2) is 6.10 Å². The van der Waals surface area contributed by atoms with E-state index in [2.05, 4.69) is 10.3 Å². The minimum Gasteiger partial charge on any atom is -0.449 e. The number of pyridine rings is 1. The highest BCUT2D eigenvalue weighted by Gasteiger charge is 2.22. The van der Waals surface area contributed by atoms with Crippen LogP contribution in [-0.4, -0.2) is 23.0 Å². The minimum atomic E-state index is -0.950. The van der Waals surface area contributed by atoms with E-state index in [0.717, 1.165) is 27.3 Å². The molecule has 2 aromatic carbocycles. The molecule has 3 rings (SSSR count). The van der Waals surface area contributed by atoms with E-state index in [0.29, 0.717) is 10.6 Å². The first kappa shape index (κ1) is 21.6. The topological polar surface area (TPSA) is 68.3 Å². The van der Waals surface area contributed by atoms with Gasteiger partial charge in [-0.25, -0.2) is 9.78 Å². The first-order valence-corrected chi connectivity index (χ1v) is 10.4. The predicted molar refractivity (Wildman–Crippen MR) is 119 cm³/mol. The fraction of sp³-hybridized carbons (Fsp3) is 0.208. The fourth-order valence-electron chi connectivity index (χ4n) is 2.86. The van der Waals surface area contributed by atoms with Crippen molar-refractivity contribution in [3.8, 4) is 0 Å². The lowest BCUT2D eigenvalue weighted by Crippen LogP contribution is -2.30. The van der Waals surface area contributed by atoms with Gasteiger partial charge < -0.3 is 10.1 Å². The van der Waals surface area contributed by atoms with Gasteiger partial charge in [0, 0.05) is 16.8 Å². The Kier molecular flexibility index (Phi) is 6.90. The van der Waals surface area contributed by atoms with Crippen LogP contribution in [0.25, 0.3) is 0 Å². The van der Waals surface area contributed by atoms with Gasteiger partial charge >= 0.3 is 5.97 Å². The third-order valence-corrected chi connectivity index (χ3v) is 5.64. The summed E-state index contributed by atoms with van der Waals surface area (Å²) in [7, 11) is 0. The zero-order chi connectivity index (χ0) is 21.7. The molecule has 0 aliphatic carbocycles. The number of hydrogen-bond acceptors (Lipinski definition) is 5. The Balaban J connectivity index is 1.71. The number of nitrogens with one attached hydrogen (secondary N) is 1. The van der Waals surface area contributed by atoms with Crippen LogP contribution in [0.2, 0.25) is 0 Å². The molecule has 1 aromatic heterocycles. The average Bonchev–Trinajstić information content (AvgIpc) is 2.72. The Morgan fingerprint density at radius 3 is 2.30 bits per heavy atom. The van der Waals surface area contributed by atoms with Crippen LogP contribution in [0.1, 0.15) is 34.0 Å². The largest absolute Gasteiger partial charge is 0.449 e. The second kappa shape index (κ2) is 9.59. The molecule has 1 heterocycles. The van der Waals surface area contributed by atoms with Crippen molar-refractivity contribution in [2.75, 3.05) is 5.32 Å². The van der Waals surface area contributed by atoms with Crippen LogP contribution in [0.4, 0.5) is 5.69 Å². The second-order valence-corrected chi connectivity index (χ2v) is 8.14. The summed E-state index contributed by atoms with van der Waals surface area (Å²) in [5, 5.41) is 3.39. The van der Waals surface area contributed by atoms with Gasteiger partial charge in [-0.15, -0.1) is 0 Å². The summed E-state index contributed by atoms with van der Waals surface area (Å²) in [6.45, 7) is 7.42. The van der Waals surface area contributed by atoms with E-state index in [9.17, 15) is 9.59 Å². The number of anilines is 1. The summed E-state index contributed by atoms with van der Waals surface area (Å²) in [5.41, 5.74) is 4.12. The number of ether oxygens (including phenoxy) is 1. The highest BCUT2D eigenvalue weighted by molar-refractivity contribution is 7.99. The quantitative estimate of drug-likeness (QED) is 0.545. The molecule has 1 N–H and O–H groups in total. The summed E-state index contributed by atoms with van der Waals surface area (Å²) >= 11 is 1.38. The number of benzene rings is 2. The van der Waals surface area contributed by atoms with Crippen molar-refractivity contribution in [1.82, 2.24) is 4.98 Å². The van der Waals surface area contributed by atoms with Gasteiger partial charge in [0.25, 0.3) is 5.91 Å². The molecule has 0 bridgehead atoms. The maximum absolute atomic E-state index is 12.8. The molecule has 5 nitrogen and oxygen atoms in total. The second-order valence-electron chi connectivity index (χ2n) is 7.07. The molecule has 0 aliphatic rings. The molecular formula is C24H24N2O3S. The Morgan fingerprint density at radius 1 is 0.967 bits per heavy atom. The molecule has 0 saturated carbocycles. The van der Waals surface area contributed by atoms with Crippen LogP contribution in [0.5, 0.6) is 0 Å². The molecule has 30 heavy (non-hydrogen) atoms. The van der Waals surface area contributed by atoms with Gasteiger partial charge in [-0.3, -0.25) is 4.79 Å². The van der Waals surface area contributed by atoms with Crippen LogP contribution in [0.3, 0.4) is 0 Å². The van der Waals surface area contributed by atoms with Crippen LogP contribution >= 0.6 is 11.8 Å². The van der Waals surface area contributed by atoms with Crippen LogP contribution in [0.15, 0.2) is 70.7 Å². The number of para-hydroxylation sites is 1. The molecule has 3 aromatic rings. The van der Waals surface area contributed by atoms with Crippen molar-refractivity contribution in [3.63, 3.8) is 0 Å². The van der Waals surface area contributed by atoms with Crippen molar-refractivity contribution < 1.29 is 14.3 Å². The first-order chi connectivity index (χ1) is 14.3. The minimum absolute atomic E-state index is 0.329. The molecule has 0 fully saturated rings. The van der Waals surface area contributed by atoms with Crippen molar-refractivity contribution in [2.45, 2.75) is 43.7 Å². The molecule has 0 aliphatic heterocycles. The molecule has 6 heteroatoms. The predicted octanol–water partition coefficient (Wildman–Crippen LogP) is 5.34. The molecule has 1 atom stereocenters. The van der Waals surface area contributed by atoms with E-state index in [-0.39, 0.29) is 5.91 Å². The number of rotatable bonds is 6. The maximum Gasteiger partial charge on any atom is 0.341 e. The summed E-state index contributed by atoms with van der Waals surface area (Å²) in [6.07, 6.45) is 0.679. The molecular weight excluding hydrogens is 396 g/mol. The van der Waals surface area contributed by atoms with Crippen molar-refractivity contribution >= 4 is 29.3 Å². The Labute approximate surface area is 180 Å². The number of carbonyl (C=O) groups is 2. The van der Waals surface area contributed by atoms with Crippen LogP contribution < -0.4 is 5.32 Å². The molecule has 0 radical (unpaired) electrons. The zero-order valence-electron chi connectivity index (χ0n) is 17.4. The Bertz CT molecular complexity index is 1040. The van der Waals surface area contributed by atoms with Gasteiger partial charge in [0.05, 0.1) is 5.56 Å². The van der Waals surface area contributed by atoms with Crippen molar-refractivity contribution in [1.29, 1.82) is 0 Å². The SMILES string of the molecule is Cc1ccc(Sc2ncccc2C(=O)O[C@H](C)C(=O)Nc2c(C)cccc2C)cc1. The number of hydrogen-bond donors (Lipinski definition) is 1. The number of nitrogens with zero attached hydrogens (tertiary/aromatic N) is 1. The van der Waals surface area contributed by atoms with Crippen LogP contribution in [-0.2, 0) is 9.53 Å². The molecule has 1 amide bonds. The van der Waals surface area contributed by atoms with E-state index in [1.54, 1.807) is 25.3 Å². The molecule has 154 valence electrons. The van der Waals surface area contributed by atoms with Crippen molar-refractivity contribution in [3.05, 3.63) is 83.0 Å². The van der Waals surface area contributed by atoms with E-state index >= 15 is 0 Å². The first-order valence-electron chi connectivity index (χ1n) is 9.62. The number of esters is 1. The number of aryl methyl sites for hydroxylation is 3. The molecule has 0 spiro atoms. The number of amides is 1. The van der Waals surface area contributed by atoms with E-state index in [1.807, 2.05) is 63.2 Å². The van der Waals surface area contributed by atoms with Crippen molar-refractivity contribution in [2.24, 2.45) is 0 Å². The monoisotopic (exact) mass is 420 g/mol. The third-order valence-electron chi connectivity index (χ3n) is 4.61. The van der Waals surface area contributed by atoms with Gasteiger partial charge in [0.1, 0.15) is 5.03 Å². The van der Waals surface area contributed by atoms with Gasteiger partial charge in [-0.1, -0.05) is 47.7 Å². The molecule has 0 saturated heterocycles. The number of carbonyl (C=O) groups excluding carboxylic acids is 2. The lowest BCUT2D eigenvalue weighted by Gasteiger charge is -2.16. The number of aromatic nitrogens is 1. The average molecular weight is 421 g/mol. The van der Waals surface area contributed by atoms with Gasteiger partial charge in [0.2, 0.25) is 0 Å².